The average molecular weight is 515 g/mol. The predicted octanol–water partition coefficient (Wildman–Crippen LogP) is 2.79. The highest BCUT2D eigenvalue weighted by Crippen LogP contribution is 2.60. The van der Waals surface area contributed by atoms with Crippen molar-refractivity contribution in [3.63, 3.8) is 0 Å². The van der Waals surface area contributed by atoms with Crippen LogP contribution in [-0.4, -0.2) is 47.4 Å². The number of rotatable bonds is 8. The monoisotopic (exact) mass is 515 g/mol. The Hall–Kier alpha value is -3.84. The minimum absolute atomic E-state index is 0.134. The van der Waals surface area contributed by atoms with Crippen molar-refractivity contribution in [1.82, 2.24) is 15.6 Å². The molecule has 6 rings (SSSR count). The van der Waals surface area contributed by atoms with E-state index in [9.17, 15) is 31.5 Å². The number of nitrogens with one attached hydrogen (secondary N) is 2. The predicted molar refractivity (Wildman–Crippen MR) is 108 cm³/mol. The summed E-state index contributed by atoms with van der Waals surface area (Å²) in [5.74, 6) is -1.28. The molecule has 0 unspecified atom stereocenters. The van der Waals surface area contributed by atoms with Crippen molar-refractivity contribution in [2.45, 2.75) is 42.8 Å². The quantitative estimate of drug-likeness (QED) is 0.521. The van der Waals surface area contributed by atoms with Crippen LogP contribution in [0, 0.1) is 0 Å². The summed E-state index contributed by atoms with van der Waals surface area (Å²) < 4.78 is 83.4. The maximum atomic E-state index is 13.1. The number of carbonyl (C=O) groups is 2. The van der Waals surface area contributed by atoms with Gasteiger partial charge in [-0.25, -0.2) is 0 Å². The minimum atomic E-state index is -4.63. The first-order chi connectivity index (χ1) is 16.8. The molecule has 0 radical (unpaired) electrons. The van der Waals surface area contributed by atoms with E-state index in [4.69, 9.17) is 9.47 Å². The van der Waals surface area contributed by atoms with Crippen molar-refractivity contribution in [3.05, 3.63) is 42.2 Å². The lowest BCUT2D eigenvalue weighted by molar-refractivity contribution is -0.286. The Kier molecular flexibility index (Phi) is 5.37. The summed E-state index contributed by atoms with van der Waals surface area (Å²) in [7, 11) is 0. The molecule has 2 N–H and O–H groups in total. The fraction of sp³-hybridized carbons (Fsp3) is 0.409. The number of pyridine rings is 1. The molecule has 2 aromatic rings. The molecule has 9 nitrogen and oxygen atoms in total. The molecule has 1 aromatic carbocycles. The molecule has 3 fully saturated rings. The summed E-state index contributed by atoms with van der Waals surface area (Å²) in [6.45, 7) is -0.839. The number of ether oxygens (including phenoxy) is 4. The number of fused-ring (bicyclic) bond motifs is 1. The fourth-order valence-corrected chi connectivity index (χ4v) is 4.69. The highest BCUT2D eigenvalue weighted by atomic mass is 19.4. The first kappa shape index (κ1) is 23.9. The Morgan fingerprint density at radius 1 is 0.889 bits per heavy atom. The Morgan fingerprint density at radius 3 is 2.03 bits per heavy atom. The van der Waals surface area contributed by atoms with Crippen molar-refractivity contribution in [3.8, 4) is 23.0 Å². The SMILES string of the molecule is O=C(COc1ccnc(C(F)(F)F)c1)NC12CC(NC(=O)COc3ccc4c(c3)OC(F)(F)O4)(C1)C2. The Morgan fingerprint density at radius 2 is 1.44 bits per heavy atom. The van der Waals surface area contributed by atoms with Crippen molar-refractivity contribution < 1.29 is 50.5 Å². The van der Waals surface area contributed by atoms with E-state index in [-0.39, 0.29) is 29.6 Å². The van der Waals surface area contributed by atoms with Gasteiger partial charge in [0.05, 0.1) is 0 Å². The summed E-state index contributed by atoms with van der Waals surface area (Å²) >= 11 is 0. The molecule has 36 heavy (non-hydrogen) atoms. The van der Waals surface area contributed by atoms with Gasteiger partial charge in [0.2, 0.25) is 0 Å². The molecule has 2 heterocycles. The molecule has 0 atom stereocenters. The van der Waals surface area contributed by atoms with Crippen LogP contribution < -0.4 is 29.6 Å². The summed E-state index contributed by atoms with van der Waals surface area (Å²) in [4.78, 5) is 27.7. The van der Waals surface area contributed by atoms with E-state index in [0.717, 1.165) is 6.20 Å². The lowest BCUT2D eigenvalue weighted by atomic mass is 9.44. The van der Waals surface area contributed by atoms with Gasteiger partial charge in [0.25, 0.3) is 11.8 Å². The van der Waals surface area contributed by atoms with Crippen molar-refractivity contribution >= 4 is 11.8 Å². The number of alkyl halides is 5. The highest BCUT2D eigenvalue weighted by Gasteiger charge is 2.69. The number of hydrogen-bond donors (Lipinski definition) is 2. The van der Waals surface area contributed by atoms with Crippen LogP contribution >= 0.6 is 0 Å². The largest absolute Gasteiger partial charge is 0.586 e. The van der Waals surface area contributed by atoms with E-state index in [0.29, 0.717) is 25.3 Å². The maximum absolute atomic E-state index is 13.1. The molecule has 3 aliphatic carbocycles. The van der Waals surface area contributed by atoms with Crippen LogP contribution in [0.3, 0.4) is 0 Å². The molecule has 0 spiro atoms. The number of benzene rings is 1. The third kappa shape index (κ3) is 4.79. The number of amides is 2. The molecule has 1 aromatic heterocycles. The summed E-state index contributed by atoms with van der Waals surface area (Å²) in [6, 6.07) is 5.72. The van der Waals surface area contributed by atoms with Gasteiger partial charge in [-0.15, -0.1) is 8.78 Å². The van der Waals surface area contributed by atoms with Crippen LogP contribution in [0.1, 0.15) is 25.0 Å². The summed E-state index contributed by atoms with van der Waals surface area (Å²) in [5.41, 5.74) is -2.12. The molecule has 0 saturated heterocycles. The van der Waals surface area contributed by atoms with E-state index in [1.807, 2.05) is 0 Å². The number of carbonyl (C=O) groups excluding carboxylic acids is 2. The second-order valence-corrected chi connectivity index (χ2v) is 8.92. The molecule has 4 aliphatic rings. The Balaban J connectivity index is 1.03. The van der Waals surface area contributed by atoms with E-state index in [2.05, 4.69) is 25.1 Å². The standard InChI is InChI=1S/C22H18F5N3O6/c23-21(24,25)16-6-13(3-4-28-16)34-8-18(32)30-20-9-19(10-20,11-20)29-17(31)7-33-12-1-2-14-15(5-12)36-22(26,27)35-14/h1-6H,7-11H2,(H,29,31)(H,30,32). The fourth-order valence-electron chi connectivity index (χ4n) is 4.69. The molecular formula is C22H18F5N3O6. The van der Waals surface area contributed by atoms with Gasteiger partial charge in [0.15, 0.2) is 24.7 Å². The first-order valence-electron chi connectivity index (χ1n) is 10.7. The summed E-state index contributed by atoms with van der Waals surface area (Å²) in [5, 5.41) is 5.62. The molecule has 3 saturated carbocycles. The van der Waals surface area contributed by atoms with Gasteiger partial charge >= 0.3 is 12.5 Å². The smallest absolute Gasteiger partial charge is 0.484 e. The second-order valence-electron chi connectivity index (χ2n) is 8.92. The van der Waals surface area contributed by atoms with Crippen molar-refractivity contribution in [1.29, 1.82) is 0 Å². The van der Waals surface area contributed by atoms with Crippen molar-refractivity contribution in [2.24, 2.45) is 0 Å². The topological polar surface area (TPSA) is 108 Å². The highest BCUT2D eigenvalue weighted by molar-refractivity contribution is 5.81. The van der Waals surface area contributed by atoms with Gasteiger partial charge in [0.1, 0.15) is 17.2 Å². The molecule has 2 amide bonds. The first-order valence-corrected chi connectivity index (χ1v) is 10.7. The zero-order valence-electron chi connectivity index (χ0n) is 18.3. The summed E-state index contributed by atoms with van der Waals surface area (Å²) in [6.07, 6.45) is -6.01. The Labute approximate surface area is 199 Å². The average Bonchev–Trinajstić information content (AvgIpc) is 3.06. The van der Waals surface area contributed by atoms with E-state index >= 15 is 0 Å². The van der Waals surface area contributed by atoms with Crippen LogP contribution in [0.15, 0.2) is 36.5 Å². The van der Waals surface area contributed by atoms with Crippen LogP contribution in [0.4, 0.5) is 22.0 Å². The molecular weight excluding hydrogens is 497 g/mol. The molecule has 1 aliphatic heterocycles. The number of aromatic nitrogens is 1. The van der Waals surface area contributed by atoms with E-state index in [1.54, 1.807) is 0 Å². The number of halogens is 5. The molecule has 2 bridgehead atoms. The lowest BCUT2D eigenvalue weighted by Gasteiger charge is -2.70. The van der Waals surface area contributed by atoms with Gasteiger partial charge in [-0.05, 0) is 37.5 Å². The van der Waals surface area contributed by atoms with Gasteiger partial charge in [-0.2, -0.15) is 13.2 Å². The van der Waals surface area contributed by atoms with Gasteiger partial charge in [0, 0.05) is 29.4 Å². The second kappa shape index (κ2) is 8.10. The van der Waals surface area contributed by atoms with Crippen molar-refractivity contribution in [2.75, 3.05) is 13.2 Å². The van der Waals surface area contributed by atoms with Gasteiger partial charge in [-0.3, -0.25) is 14.6 Å². The van der Waals surface area contributed by atoms with Gasteiger partial charge in [-0.1, -0.05) is 0 Å². The van der Waals surface area contributed by atoms with Crippen LogP contribution in [0.5, 0.6) is 23.0 Å². The van der Waals surface area contributed by atoms with Crippen LogP contribution in [0.25, 0.3) is 0 Å². The van der Waals surface area contributed by atoms with E-state index < -0.39 is 47.7 Å². The van der Waals surface area contributed by atoms with Crippen LogP contribution in [-0.2, 0) is 15.8 Å². The van der Waals surface area contributed by atoms with Crippen LogP contribution in [0.2, 0.25) is 0 Å². The molecule has 192 valence electrons. The Bertz CT molecular complexity index is 1200. The lowest BCUT2D eigenvalue weighted by Crippen LogP contribution is -2.84. The minimum Gasteiger partial charge on any atom is -0.484 e. The third-order valence-electron chi connectivity index (χ3n) is 5.97. The number of nitrogens with zero attached hydrogens (tertiary/aromatic N) is 1. The third-order valence-corrected chi connectivity index (χ3v) is 5.97. The normalized spacial score (nSPS) is 24.7. The van der Waals surface area contributed by atoms with Gasteiger partial charge < -0.3 is 29.6 Å². The number of hydrogen-bond acceptors (Lipinski definition) is 7. The zero-order valence-corrected chi connectivity index (χ0v) is 18.3. The maximum Gasteiger partial charge on any atom is 0.586 e. The zero-order chi connectivity index (χ0) is 25.8. The molecule has 14 heteroatoms. The van der Waals surface area contributed by atoms with E-state index in [1.165, 1.54) is 24.3 Å².